The second-order valence-corrected chi connectivity index (χ2v) is 5.49. The molecule has 134 valence electrons. The molecule has 1 atom stereocenters. The van der Waals surface area contributed by atoms with Gasteiger partial charge in [0.15, 0.2) is 0 Å². The minimum atomic E-state index is -4.50. The largest absolute Gasteiger partial charge is 0.494 e. The van der Waals surface area contributed by atoms with Gasteiger partial charge in [-0.25, -0.2) is 0 Å². The lowest BCUT2D eigenvalue weighted by molar-refractivity contribution is -0.140. The van der Waals surface area contributed by atoms with Gasteiger partial charge in [-0.3, -0.25) is 9.59 Å². The molecule has 0 aliphatic heterocycles. The predicted octanol–water partition coefficient (Wildman–Crippen LogP) is 2.52. The van der Waals surface area contributed by atoms with Crippen LogP contribution in [-0.2, 0) is 4.79 Å². The van der Waals surface area contributed by atoms with Crippen LogP contribution < -0.4 is 15.4 Å². The molecule has 0 saturated heterocycles. The van der Waals surface area contributed by atoms with Gasteiger partial charge in [0.05, 0.1) is 6.61 Å². The molecule has 0 aliphatic rings. The van der Waals surface area contributed by atoms with Crippen molar-refractivity contribution in [2.45, 2.75) is 33.0 Å². The van der Waals surface area contributed by atoms with Crippen LogP contribution in [0.4, 0.5) is 13.2 Å². The van der Waals surface area contributed by atoms with Gasteiger partial charge in [-0.05, 0) is 37.1 Å². The number of nitrogens with one attached hydrogen (secondary N) is 2. The third kappa shape index (κ3) is 6.47. The zero-order chi connectivity index (χ0) is 18.3. The molecule has 0 aliphatic carbocycles. The number of carbonyl (C=O) groups excluding carboxylic acids is 2. The van der Waals surface area contributed by atoms with Gasteiger partial charge in [0.2, 0.25) is 5.91 Å². The van der Waals surface area contributed by atoms with Gasteiger partial charge in [-0.1, -0.05) is 13.8 Å². The smallest absolute Gasteiger partial charge is 0.405 e. The van der Waals surface area contributed by atoms with Crippen LogP contribution >= 0.6 is 0 Å². The molecular formula is C16H21F3N2O3. The Morgan fingerprint density at radius 1 is 1.17 bits per heavy atom. The highest BCUT2D eigenvalue weighted by Crippen LogP contribution is 2.14. The van der Waals surface area contributed by atoms with Crippen LogP contribution in [0.2, 0.25) is 0 Å². The van der Waals surface area contributed by atoms with Crippen LogP contribution in [0.1, 0.15) is 31.1 Å². The van der Waals surface area contributed by atoms with E-state index in [4.69, 9.17) is 4.74 Å². The Labute approximate surface area is 138 Å². The molecule has 5 nitrogen and oxygen atoms in total. The molecule has 8 heteroatoms. The molecule has 0 bridgehead atoms. The number of ether oxygens (including phenoxy) is 1. The number of benzene rings is 1. The zero-order valence-corrected chi connectivity index (χ0v) is 13.7. The van der Waals surface area contributed by atoms with Gasteiger partial charge in [0.25, 0.3) is 5.91 Å². The summed E-state index contributed by atoms with van der Waals surface area (Å²) in [5.41, 5.74) is 0.285. The van der Waals surface area contributed by atoms with Crippen LogP contribution in [0.15, 0.2) is 24.3 Å². The molecule has 0 unspecified atom stereocenters. The van der Waals surface area contributed by atoms with Crippen LogP contribution in [0.5, 0.6) is 5.75 Å². The number of rotatable bonds is 7. The molecule has 0 fully saturated rings. The van der Waals surface area contributed by atoms with E-state index < -0.39 is 30.6 Å². The van der Waals surface area contributed by atoms with Gasteiger partial charge >= 0.3 is 6.18 Å². The highest BCUT2D eigenvalue weighted by Gasteiger charge is 2.31. The van der Waals surface area contributed by atoms with Crippen molar-refractivity contribution in [2.24, 2.45) is 5.92 Å². The number of carbonyl (C=O) groups is 2. The summed E-state index contributed by atoms with van der Waals surface area (Å²) in [5.74, 6) is -1.19. The summed E-state index contributed by atoms with van der Waals surface area (Å²) in [6, 6.07) is 5.18. The molecule has 24 heavy (non-hydrogen) atoms. The van der Waals surface area contributed by atoms with Crippen LogP contribution in [0.25, 0.3) is 0 Å². The van der Waals surface area contributed by atoms with Crippen molar-refractivity contribution in [1.82, 2.24) is 10.6 Å². The van der Waals surface area contributed by atoms with Crippen LogP contribution in [-0.4, -0.2) is 37.2 Å². The fourth-order valence-electron chi connectivity index (χ4n) is 1.93. The maximum atomic E-state index is 12.2. The third-order valence-electron chi connectivity index (χ3n) is 3.13. The lowest BCUT2D eigenvalue weighted by Crippen LogP contribution is -2.51. The van der Waals surface area contributed by atoms with Crippen molar-refractivity contribution in [2.75, 3.05) is 13.2 Å². The minimum absolute atomic E-state index is 0.285. The summed E-state index contributed by atoms with van der Waals surface area (Å²) in [6.07, 6.45) is -4.50. The van der Waals surface area contributed by atoms with Crippen LogP contribution in [0, 0.1) is 5.92 Å². The normalized spacial score (nSPS) is 12.6. The molecule has 0 spiro atoms. The number of alkyl halides is 3. The average Bonchev–Trinajstić information content (AvgIpc) is 2.50. The Morgan fingerprint density at radius 2 is 1.75 bits per heavy atom. The van der Waals surface area contributed by atoms with E-state index in [9.17, 15) is 22.8 Å². The molecule has 1 rings (SSSR count). The molecule has 0 radical (unpaired) electrons. The summed E-state index contributed by atoms with van der Waals surface area (Å²) < 4.78 is 41.8. The van der Waals surface area contributed by atoms with Crippen molar-refractivity contribution < 1.29 is 27.5 Å². The molecule has 0 saturated carbocycles. The summed E-state index contributed by atoms with van der Waals surface area (Å²) in [6.45, 7) is 4.15. The molecule has 2 amide bonds. The molecule has 0 aromatic heterocycles. The maximum absolute atomic E-state index is 12.2. The van der Waals surface area contributed by atoms with Gasteiger partial charge in [-0.15, -0.1) is 0 Å². The summed E-state index contributed by atoms with van der Waals surface area (Å²) in [7, 11) is 0. The summed E-state index contributed by atoms with van der Waals surface area (Å²) >= 11 is 0. The van der Waals surface area contributed by atoms with E-state index in [0.29, 0.717) is 12.4 Å². The lowest BCUT2D eigenvalue weighted by atomic mass is 10.0. The van der Waals surface area contributed by atoms with Crippen LogP contribution in [0.3, 0.4) is 0 Å². The van der Waals surface area contributed by atoms with Gasteiger partial charge < -0.3 is 15.4 Å². The molecular weight excluding hydrogens is 325 g/mol. The fourth-order valence-corrected chi connectivity index (χ4v) is 1.93. The second kappa shape index (κ2) is 8.56. The summed E-state index contributed by atoms with van der Waals surface area (Å²) in [4.78, 5) is 24.1. The van der Waals surface area contributed by atoms with Crippen molar-refractivity contribution >= 4 is 11.8 Å². The Balaban J connectivity index is 2.73. The van der Waals surface area contributed by atoms with Crippen molar-refractivity contribution in [1.29, 1.82) is 0 Å². The first kappa shape index (κ1) is 19.8. The predicted molar refractivity (Wildman–Crippen MR) is 82.8 cm³/mol. The first-order valence-corrected chi connectivity index (χ1v) is 7.52. The van der Waals surface area contributed by atoms with E-state index in [0.717, 1.165) is 0 Å². The Kier molecular flexibility index (Phi) is 7.06. The average molecular weight is 346 g/mol. The van der Waals surface area contributed by atoms with E-state index in [2.05, 4.69) is 5.32 Å². The maximum Gasteiger partial charge on any atom is 0.405 e. The Hall–Kier alpha value is -2.25. The van der Waals surface area contributed by atoms with E-state index >= 15 is 0 Å². The zero-order valence-electron chi connectivity index (χ0n) is 13.7. The first-order valence-electron chi connectivity index (χ1n) is 7.52. The SMILES string of the molecule is CCOc1ccc(C(=O)N[C@@H](C(=O)NCC(F)(F)F)C(C)C)cc1. The number of hydrogen-bond donors (Lipinski definition) is 2. The molecule has 1 aromatic carbocycles. The second-order valence-electron chi connectivity index (χ2n) is 5.49. The van der Waals surface area contributed by atoms with E-state index in [1.54, 1.807) is 31.3 Å². The molecule has 0 heterocycles. The van der Waals surface area contributed by atoms with E-state index in [-0.39, 0.29) is 11.5 Å². The third-order valence-corrected chi connectivity index (χ3v) is 3.13. The lowest BCUT2D eigenvalue weighted by Gasteiger charge is -2.22. The van der Waals surface area contributed by atoms with Crippen molar-refractivity contribution in [3.05, 3.63) is 29.8 Å². The van der Waals surface area contributed by atoms with Gasteiger partial charge in [-0.2, -0.15) is 13.2 Å². The van der Waals surface area contributed by atoms with Crippen molar-refractivity contribution in [3.63, 3.8) is 0 Å². The Bertz CT molecular complexity index is 557. The standard InChI is InChI=1S/C16H21F3N2O3/c1-4-24-12-7-5-11(6-8-12)14(22)21-13(10(2)3)15(23)20-9-16(17,18)19/h5-8,10,13H,4,9H2,1-3H3,(H,20,23)(H,21,22)/t13-/m1/s1. The monoisotopic (exact) mass is 346 g/mol. The number of halogens is 3. The highest BCUT2D eigenvalue weighted by molar-refractivity contribution is 5.97. The molecule has 2 N–H and O–H groups in total. The number of amides is 2. The van der Waals surface area contributed by atoms with E-state index in [1.807, 2.05) is 6.92 Å². The highest BCUT2D eigenvalue weighted by atomic mass is 19.4. The quantitative estimate of drug-likeness (QED) is 0.797. The van der Waals surface area contributed by atoms with E-state index in [1.165, 1.54) is 12.1 Å². The number of hydrogen-bond acceptors (Lipinski definition) is 3. The summed E-state index contributed by atoms with van der Waals surface area (Å²) in [5, 5.41) is 4.25. The van der Waals surface area contributed by atoms with Gasteiger partial charge in [0.1, 0.15) is 18.3 Å². The first-order chi connectivity index (χ1) is 11.1. The fraction of sp³-hybridized carbons (Fsp3) is 0.500. The Morgan fingerprint density at radius 3 is 2.21 bits per heavy atom. The van der Waals surface area contributed by atoms with Crippen molar-refractivity contribution in [3.8, 4) is 5.75 Å². The van der Waals surface area contributed by atoms with Gasteiger partial charge in [0, 0.05) is 5.56 Å². The molecule has 1 aromatic rings. The minimum Gasteiger partial charge on any atom is -0.494 e. The topological polar surface area (TPSA) is 67.4 Å².